The van der Waals surface area contributed by atoms with E-state index < -0.39 is 10.0 Å². The summed E-state index contributed by atoms with van der Waals surface area (Å²) in [6, 6.07) is 9.68. The lowest BCUT2D eigenvalue weighted by atomic mass is 10.2. The highest BCUT2D eigenvalue weighted by Gasteiger charge is 2.35. The van der Waals surface area contributed by atoms with E-state index in [1.54, 1.807) is 4.31 Å². The van der Waals surface area contributed by atoms with Crippen LogP contribution in [0.2, 0.25) is 0 Å². The minimum atomic E-state index is -3.20. The van der Waals surface area contributed by atoms with Crippen LogP contribution in [0.3, 0.4) is 0 Å². The van der Waals surface area contributed by atoms with E-state index in [9.17, 15) is 8.42 Å². The van der Waals surface area contributed by atoms with E-state index in [-0.39, 0.29) is 11.8 Å². The molecule has 0 radical (unpaired) electrons. The standard InChI is InChI=1S/C16H24N2O2S/c19-21(20,14-15-7-2-1-3-8-15)18-12-6-9-16(18)13-17-10-4-5-11-17/h1-3,7-8,16H,4-6,9-14H2. The number of hydrogen-bond donors (Lipinski definition) is 0. The van der Waals surface area contributed by atoms with E-state index in [0.29, 0.717) is 6.54 Å². The maximum absolute atomic E-state index is 12.7. The molecule has 2 aliphatic heterocycles. The Kier molecular flexibility index (Phi) is 4.62. The topological polar surface area (TPSA) is 40.6 Å². The van der Waals surface area contributed by atoms with Gasteiger partial charge in [0, 0.05) is 19.1 Å². The molecular formula is C16H24N2O2S. The van der Waals surface area contributed by atoms with Crippen molar-refractivity contribution in [3.63, 3.8) is 0 Å². The summed E-state index contributed by atoms with van der Waals surface area (Å²) >= 11 is 0. The molecule has 1 atom stereocenters. The molecule has 21 heavy (non-hydrogen) atoms. The molecule has 1 aromatic rings. The van der Waals surface area contributed by atoms with Gasteiger partial charge >= 0.3 is 0 Å². The molecule has 0 saturated carbocycles. The van der Waals surface area contributed by atoms with Crippen LogP contribution in [0.15, 0.2) is 30.3 Å². The van der Waals surface area contributed by atoms with Gasteiger partial charge in [-0.3, -0.25) is 0 Å². The van der Waals surface area contributed by atoms with Crippen LogP contribution in [0, 0.1) is 0 Å². The van der Waals surface area contributed by atoms with Gasteiger partial charge in [0.1, 0.15) is 0 Å². The van der Waals surface area contributed by atoms with Crippen molar-refractivity contribution < 1.29 is 8.42 Å². The lowest BCUT2D eigenvalue weighted by Crippen LogP contribution is -2.42. The Morgan fingerprint density at radius 2 is 1.71 bits per heavy atom. The number of nitrogens with zero attached hydrogens (tertiary/aromatic N) is 2. The summed E-state index contributed by atoms with van der Waals surface area (Å²) in [6.45, 7) is 3.85. The Hall–Kier alpha value is -0.910. The summed E-state index contributed by atoms with van der Waals surface area (Å²) in [7, 11) is -3.20. The van der Waals surface area contributed by atoms with Gasteiger partial charge in [-0.2, -0.15) is 4.31 Å². The molecular weight excluding hydrogens is 284 g/mol. The van der Waals surface area contributed by atoms with E-state index in [2.05, 4.69) is 4.90 Å². The van der Waals surface area contributed by atoms with Crippen LogP contribution in [-0.2, 0) is 15.8 Å². The van der Waals surface area contributed by atoms with E-state index in [4.69, 9.17) is 0 Å². The molecule has 0 aliphatic carbocycles. The number of hydrogen-bond acceptors (Lipinski definition) is 3. The largest absolute Gasteiger partial charge is 0.302 e. The molecule has 2 aliphatic rings. The number of benzene rings is 1. The first kappa shape index (κ1) is 15.0. The monoisotopic (exact) mass is 308 g/mol. The van der Waals surface area contributed by atoms with Gasteiger partial charge in [-0.25, -0.2) is 8.42 Å². The summed E-state index contributed by atoms with van der Waals surface area (Å²) < 4.78 is 27.1. The fourth-order valence-corrected chi connectivity index (χ4v) is 5.30. The van der Waals surface area contributed by atoms with Crippen molar-refractivity contribution >= 4 is 10.0 Å². The quantitative estimate of drug-likeness (QED) is 0.836. The van der Waals surface area contributed by atoms with Crippen molar-refractivity contribution in [1.29, 1.82) is 0 Å². The van der Waals surface area contributed by atoms with Crippen LogP contribution in [-0.4, -0.2) is 49.8 Å². The predicted octanol–water partition coefficient (Wildman–Crippen LogP) is 2.08. The van der Waals surface area contributed by atoms with Gasteiger partial charge in [-0.15, -0.1) is 0 Å². The van der Waals surface area contributed by atoms with Gasteiger partial charge in [0.25, 0.3) is 0 Å². The smallest absolute Gasteiger partial charge is 0.218 e. The average molecular weight is 308 g/mol. The SMILES string of the molecule is O=S(=O)(Cc1ccccc1)N1CCCC1CN1CCCC1. The molecule has 0 bridgehead atoms. The average Bonchev–Trinajstić information content (AvgIpc) is 3.11. The third-order valence-electron chi connectivity index (χ3n) is 4.54. The molecule has 4 nitrogen and oxygen atoms in total. The second-order valence-corrected chi connectivity index (χ2v) is 8.08. The maximum Gasteiger partial charge on any atom is 0.218 e. The minimum absolute atomic E-state index is 0.129. The lowest BCUT2D eigenvalue weighted by molar-refractivity contribution is 0.257. The Morgan fingerprint density at radius 3 is 2.43 bits per heavy atom. The molecule has 0 amide bonds. The van der Waals surface area contributed by atoms with E-state index in [0.717, 1.165) is 38.0 Å². The molecule has 0 N–H and O–H groups in total. The summed E-state index contributed by atoms with van der Waals surface area (Å²) in [5.74, 6) is 0.129. The molecule has 1 unspecified atom stereocenters. The van der Waals surface area contributed by atoms with Gasteiger partial charge < -0.3 is 4.90 Å². The van der Waals surface area contributed by atoms with Crippen molar-refractivity contribution in [2.75, 3.05) is 26.2 Å². The van der Waals surface area contributed by atoms with Gasteiger partial charge in [-0.1, -0.05) is 30.3 Å². The second kappa shape index (κ2) is 6.46. The van der Waals surface area contributed by atoms with E-state index in [1.807, 2.05) is 30.3 Å². The molecule has 0 spiro atoms. The predicted molar refractivity (Wildman–Crippen MR) is 84.5 cm³/mol. The number of likely N-dealkylation sites (tertiary alicyclic amines) is 1. The normalized spacial score (nSPS) is 24.7. The summed E-state index contributed by atoms with van der Waals surface area (Å²) in [5, 5.41) is 0. The Labute approximate surface area is 127 Å². The minimum Gasteiger partial charge on any atom is -0.302 e. The molecule has 5 heteroatoms. The third kappa shape index (κ3) is 3.65. The first-order valence-corrected chi connectivity index (χ1v) is 9.52. The number of sulfonamides is 1. The van der Waals surface area contributed by atoms with Gasteiger partial charge in [0.05, 0.1) is 5.75 Å². The Morgan fingerprint density at radius 1 is 1.00 bits per heavy atom. The highest BCUT2D eigenvalue weighted by Crippen LogP contribution is 2.25. The second-order valence-electron chi connectivity index (χ2n) is 6.16. The van der Waals surface area contributed by atoms with Crippen LogP contribution < -0.4 is 0 Å². The Balaban J connectivity index is 1.68. The van der Waals surface area contributed by atoms with E-state index >= 15 is 0 Å². The molecule has 2 saturated heterocycles. The van der Waals surface area contributed by atoms with Crippen LogP contribution in [0.25, 0.3) is 0 Å². The molecule has 2 heterocycles. The van der Waals surface area contributed by atoms with Crippen LogP contribution in [0.1, 0.15) is 31.2 Å². The van der Waals surface area contributed by atoms with E-state index in [1.165, 1.54) is 12.8 Å². The fraction of sp³-hybridized carbons (Fsp3) is 0.625. The first-order chi connectivity index (χ1) is 10.1. The van der Waals surface area contributed by atoms with Gasteiger partial charge in [0.15, 0.2) is 0 Å². The molecule has 1 aromatic carbocycles. The third-order valence-corrected chi connectivity index (χ3v) is 6.43. The Bertz CT molecular complexity index is 553. The highest BCUT2D eigenvalue weighted by atomic mass is 32.2. The summed E-state index contributed by atoms with van der Waals surface area (Å²) in [4.78, 5) is 2.42. The van der Waals surface area contributed by atoms with Crippen molar-refractivity contribution in [2.45, 2.75) is 37.5 Å². The highest BCUT2D eigenvalue weighted by molar-refractivity contribution is 7.88. The van der Waals surface area contributed by atoms with Crippen LogP contribution in [0.4, 0.5) is 0 Å². The molecule has 0 aromatic heterocycles. The van der Waals surface area contributed by atoms with Gasteiger partial charge in [-0.05, 0) is 44.3 Å². The summed E-state index contributed by atoms with van der Waals surface area (Å²) in [6.07, 6.45) is 4.50. The van der Waals surface area contributed by atoms with Crippen LogP contribution >= 0.6 is 0 Å². The zero-order chi connectivity index (χ0) is 14.7. The molecule has 2 fully saturated rings. The summed E-state index contributed by atoms with van der Waals surface area (Å²) in [5.41, 5.74) is 0.879. The van der Waals surface area contributed by atoms with Crippen molar-refractivity contribution in [1.82, 2.24) is 9.21 Å². The zero-order valence-corrected chi connectivity index (χ0v) is 13.3. The van der Waals surface area contributed by atoms with Crippen LogP contribution in [0.5, 0.6) is 0 Å². The molecule has 3 rings (SSSR count). The van der Waals surface area contributed by atoms with Crippen molar-refractivity contribution in [3.05, 3.63) is 35.9 Å². The van der Waals surface area contributed by atoms with Gasteiger partial charge in [0.2, 0.25) is 10.0 Å². The lowest BCUT2D eigenvalue weighted by Gasteiger charge is -2.27. The van der Waals surface area contributed by atoms with Crippen molar-refractivity contribution in [2.24, 2.45) is 0 Å². The first-order valence-electron chi connectivity index (χ1n) is 7.91. The molecule has 116 valence electrons. The zero-order valence-electron chi connectivity index (χ0n) is 12.4. The maximum atomic E-state index is 12.7. The fourth-order valence-electron chi connectivity index (χ4n) is 3.49. The van der Waals surface area contributed by atoms with Crippen molar-refractivity contribution in [3.8, 4) is 0 Å². The number of rotatable bonds is 5.